The molecule has 2 aromatic rings. The van der Waals surface area contributed by atoms with Crippen molar-refractivity contribution >= 4 is 46.4 Å². The van der Waals surface area contributed by atoms with E-state index in [-0.39, 0.29) is 5.82 Å². The molecule has 0 fully saturated rings. The van der Waals surface area contributed by atoms with Gasteiger partial charge in [-0.3, -0.25) is 0 Å². The van der Waals surface area contributed by atoms with E-state index >= 15 is 0 Å². The summed E-state index contributed by atoms with van der Waals surface area (Å²) < 4.78 is 13.1. The van der Waals surface area contributed by atoms with Crippen molar-refractivity contribution in [2.75, 3.05) is 11.8 Å². The number of rotatable bonds is 5. The van der Waals surface area contributed by atoms with Gasteiger partial charge in [0.15, 0.2) is 0 Å². The molecule has 0 heterocycles. The molecule has 0 amide bonds. The molecule has 0 aliphatic heterocycles. The Morgan fingerprint density at radius 1 is 0.905 bits per heavy atom. The first-order valence-corrected chi connectivity index (χ1v) is 8.15. The van der Waals surface area contributed by atoms with E-state index in [0.29, 0.717) is 28.2 Å². The topological polar surface area (TPSA) is 0 Å². The van der Waals surface area contributed by atoms with Crippen molar-refractivity contribution in [1.29, 1.82) is 0 Å². The van der Waals surface area contributed by atoms with Crippen LogP contribution in [0.25, 0.3) is 0 Å². The molecule has 0 saturated heterocycles. The summed E-state index contributed by atoms with van der Waals surface area (Å²) in [6.07, 6.45) is 0.557. The Balaban J connectivity index is 2.40. The lowest BCUT2D eigenvalue weighted by Crippen LogP contribution is -2.33. The summed E-state index contributed by atoms with van der Waals surface area (Å²) in [7, 11) is 0. The summed E-state index contributed by atoms with van der Waals surface area (Å²) in [6, 6.07) is 11.6. The molecule has 0 aliphatic rings. The van der Waals surface area contributed by atoms with Gasteiger partial charge in [0.05, 0.1) is 0 Å². The Morgan fingerprint density at radius 2 is 1.52 bits per heavy atom. The SMILES string of the molecule is Fc1ccc(C(CCl)(CCl)Cc2ccc(Cl)cc2Cl)cc1. The van der Waals surface area contributed by atoms with Crippen LogP contribution in [0.1, 0.15) is 11.1 Å². The van der Waals surface area contributed by atoms with Gasteiger partial charge >= 0.3 is 0 Å². The summed E-state index contributed by atoms with van der Waals surface area (Å²) in [6.45, 7) is 0. The third kappa shape index (κ3) is 3.84. The second-order valence-corrected chi connectivity index (χ2v) is 6.35. The lowest BCUT2D eigenvalue weighted by Gasteiger charge is -2.31. The van der Waals surface area contributed by atoms with E-state index in [4.69, 9.17) is 46.4 Å². The fourth-order valence-corrected chi connectivity index (χ4v) is 3.48. The highest BCUT2D eigenvalue weighted by atomic mass is 35.5. The number of benzene rings is 2. The van der Waals surface area contributed by atoms with Gasteiger partial charge in [-0.2, -0.15) is 0 Å². The Hall–Kier alpha value is -0.470. The lowest BCUT2D eigenvalue weighted by molar-refractivity contribution is 0.533. The normalized spacial score (nSPS) is 11.7. The molecule has 2 aromatic carbocycles. The van der Waals surface area contributed by atoms with E-state index in [1.165, 1.54) is 12.1 Å². The summed E-state index contributed by atoms with van der Waals surface area (Å²) in [4.78, 5) is 0. The summed E-state index contributed by atoms with van der Waals surface area (Å²) in [5.74, 6) is 0.323. The summed E-state index contributed by atoms with van der Waals surface area (Å²) in [5, 5.41) is 1.15. The van der Waals surface area contributed by atoms with Gasteiger partial charge in [-0.05, 0) is 41.8 Å². The van der Waals surface area contributed by atoms with E-state index < -0.39 is 5.41 Å². The minimum atomic E-state index is -0.506. The Bertz CT molecular complexity index is 606. The molecule has 0 spiro atoms. The fourth-order valence-electron chi connectivity index (χ4n) is 2.22. The summed E-state index contributed by atoms with van der Waals surface area (Å²) in [5.41, 5.74) is 1.29. The zero-order valence-electron chi connectivity index (χ0n) is 11.1. The first-order valence-electron chi connectivity index (χ1n) is 6.33. The van der Waals surface area contributed by atoms with E-state index in [0.717, 1.165) is 11.1 Å². The van der Waals surface area contributed by atoms with Crippen LogP contribution in [0.2, 0.25) is 10.0 Å². The average molecular weight is 366 g/mol. The molecule has 0 saturated carbocycles. The van der Waals surface area contributed by atoms with E-state index in [1.807, 2.05) is 6.07 Å². The molecule has 0 unspecified atom stereocenters. The van der Waals surface area contributed by atoms with Crippen molar-refractivity contribution in [2.24, 2.45) is 0 Å². The summed E-state index contributed by atoms with van der Waals surface area (Å²) >= 11 is 24.5. The molecule has 0 aliphatic carbocycles. The molecule has 5 heteroatoms. The van der Waals surface area contributed by atoms with Crippen molar-refractivity contribution in [3.63, 3.8) is 0 Å². The van der Waals surface area contributed by atoms with Crippen molar-refractivity contribution in [1.82, 2.24) is 0 Å². The van der Waals surface area contributed by atoms with Crippen LogP contribution >= 0.6 is 46.4 Å². The zero-order valence-corrected chi connectivity index (χ0v) is 14.1. The van der Waals surface area contributed by atoms with Crippen molar-refractivity contribution in [3.8, 4) is 0 Å². The largest absolute Gasteiger partial charge is 0.207 e. The van der Waals surface area contributed by atoms with E-state index in [2.05, 4.69) is 0 Å². The van der Waals surface area contributed by atoms with Crippen molar-refractivity contribution in [3.05, 3.63) is 69.5 Å². The fraction of sp³-hybridized carbons (Fsp3) is 0.250. The number of hydrogen-bond acceptors (Lipinski definition) is 0. The van der Waals surface area contributed by atoms with Crippen LogP contribution in [0.4, 0.5) is 4.39 Å². The van der Waals surface area contributed by atoms with Gasteiger partial charge in [-0.15, -0.1) is 23.2 Å². The van der Waals surface area contributed by atoms with Gasteiger partial charge in [-0.25, -0.2) is 4.39 Å². The second kappa shape index (κ2) is 7.19. The minimum absolute atomic E-state index is 0.290. The monoisotopic (exact) mass is 364 g/mol. The van der Waals surface area contributed by atoms with E-state index in [9.17, 15) is 4.39 Å². The van der Waals surface area contributed by atoms with Crippen LogP contribution in [-0.4, -0.2) is 11.8 Å². The standard InChI is InChI=1S/C16H13Cl4F/c17-9-16(10-18,12-2-5-14(21)6-3-12)8-11-1-4-13(19)7-15(11)20/h1-7H,8-10H2. The predicted molar refractivity (Wildman–Crippen MR) is 89.7 cm³/mol. The average Bonchev–Trinajstić information content (AvgIpc) is 2.48. The van der Waals surface area contributed by atoms with Crippen LogP contribution in [0.3, 0.4) is 0 Å². The smallest absolute Gasteiger partial charge is 0.123 e. The van der Waals surface area contributed by atoms with Crippen LogP contribution in [0.15, 0.2) is 42.5 Å². The van der Waals surface area contributed by atoms with Crippen molar-refractivity contribution < 1.29 is 4.39 Å². The molecule has 0 nitrogen and oxygen atoms in total. The van der Waals surface area contributed by atoms with Crippen LogP contribution in [0, 0.1) is 5.82 Å². The number of halogens is 5. The third-order valence-corrected chi connectivity index (χ3v) is 5.12. The van der Waals surface area contributed by atoms with Gasteiger partial charge in [0.2, 0.25) is 0 Å². The Kier molecular flexibility index (Phi) is 5.79. The second-order valence-electron chi connectivity index (χ2n) is 4.97. The Labute approximate surface area is 143 Å². The highest BCUT2D eigenvalue weighted by Crippen LogP contribution is 2.34. The maximum absolute atomic E-state index is 13.1. The molecule has 0 aromatic heterocycles. The molecule has 0 atom stereocenters. The number of hydrogen-bond donors (Lipinski definition) is 0. The van der Waals surface area contributed by atoms with Crippen LogP contribution in [-0.2, 0) is 11.8 Å². The van der Waals surface area contributed by atoms with Gasteiger partial charge in [0.1, 0.15) is 5.82 Å². The highest BCUT2D eigenvalue weighted by Gasteiger charge is 2.31. The number of alkyl halides is 2. The maximum atomic E-state index is 13.1. The molecule has 2 rings (SSSR count). The molecular weight excluding hydrogens is 353 g/mol. The molecular formula is C16H13Cl4F. The lowest BCUT2D eigenvalue weighted by atomic mass is 9.78. The predicted octanol–water partition coefficient (Wildman–Crippen LogP) is 6.09. The maximum Gasteiger partial charge on any atom is 0.123 e. The molecule has 112 valence electrons. The minimum Gasteiger partial charge on any atom is -0.207 e. The first-order chi connectivity index (χ1) is 10.0. The highest BCUT2D eigenvalue weighted by molar-refractivity contribution is 6.35. The third-order valence-electron chi connectivity index (χ3n) is 3.51. The molecule has 0 bridgehead atoms. The molecule has 21 heavy (non-hydrogen) atoms. The molecule has 0 N–H and O–H groups in total. The van der Waals surface area contributed by atoms with Gasteiger partial charge in [-0.1, -0.05) is 41.4 Å². The first kappa shape index (κ1) is 16.9. The molecule has 0 radical (unpaired) electrons. The van der Waals surface area contributed by atoms with Crippen LogP contribution < -0.4 is 0 Å². The quantitative estimate of drug-likeness (QED) is 0.562. The zero-order chi connectivity index (χ0) is 15.5. The Morgan fingerprint density at radius 3 is 2.05 bits per heavy atom. The van der Waals surface area contributed by atoms with Crippen molar-refractivity contribution in [2.45, 2.75) is 11.8 Å². The van der Waals surface area contributed by atoms with Crippen LogP contribution in [0.5, 0.6) is 0 Å². The van der Waals surface area contributed by atoms with E-state index in [1.54, 1.807) is 24.3 Å². The van der Waals surface area contributed by atoms with Gasteiger partial charge in [0, 0.05) is 27.2 Å². The van der Waals surface area contributed by atoms with Gasteiger partial charge < -0.3 is 0 Å². The van der Waals surface area contributed by atoms with Gasteiger partial charge in [0.25, 0.3) is 0 Å².